The fraction of sp³-hybridized carbons (Fsp3) is 0.179. The van der Waals surface area contributed by atoms with Gasteiger partial charge in [0, 0.05) is 46.3 Å². The van der Waals surface area contributed by atoms with Gasteiger partial charge in [-0.1, -0.05) is 55.5 Å². The van der Waals surface area contributed by atoms with E-state index in [-0.39, 0.29) is 57.1 Å². The Hall–Kier alpha value is -5.69. The third-order valence-corrected chi connectivity index (χ3v) is 11.0. The van der Waals surface area contributed by atoms with Gasteiger partial charge in [-0.05, 0) is 82.9 Å². The lowest BCUT2D eigenvalue weighted by Gasteiger charge is -2.45. The molecule has 1 heterocycles. The van der Waals surface area contributed by atoms with Crippen LogP contribution in [0.15, 0.2) is 100 Å². The van der Waals surface area contributed by atoms with Gasteiger partial charge in [-0.15, -0.1) is 10.2 Å². The summed E-state index contributed by atoms with van der Waals surface area (Å²) in [6, 6.07) is 22.9. The van der Waals surface area contributed by atoms with Crippen molar-refractivity contribution in [2.24, 2.45) is 10.2 Å². The molecule has 2 atom stereocenters. The van der Waals surface area contributed by atoms with E-state index < -0.39 is 20.8 Å². The molecule has 258 valence electrons. The lowest BCUT2D eigenvalue weighted by atomic mass is 9.72. The zero-order valence-electron chi connectivity index (χ0n) is 27.3. The molecule has 6 aromatic rings. The number of phenols is 5. The third-order valence-electron chi connectivity index (χ3n) is 10.1. The minimum absolute atomic E-state index is 0.0245. The zero-order chi connectivity index (χ0) is 35.8. The molecule has 1 aliphatic carbocycles. The molecule has 12 heteroatoms. The van der Waals surface area contributed by atoms with Gasteiger partial charge in [-0.3, -0.25) is 9.45 Å². The Balaban J connectivity index is 1.35. The highest BCUT2D eigenvalue weighted by Crippen LogP contribution is 2.54. The molecule has 11 nitrogen and oxygen atoms in total. The molecule has 0 saturated heterocycles. The van der Waals surface area contributed by atoms with Gasteiger partial charge < -0.3 is 25.5 Å². The lowest BCUT2D eigenvalue weighted by molar-refractivity contribution is 0.172. The fourth-order valence-corrected chi connectivity index (χ4v) is 8.60. The average Bonchev–Trinajstić information content (AvgIpc) is 3.10. The quantitative estimate of drug-likeness (QED) is 0.0564. The lowest BCUT2D eigenvalue weighted by Crippen LogP contribution is -2.41. The van der Waals surface area contributed by atoms with Crippen LogP contribution < -0.4 is 0 Å². The van der Waals surface area contributed by atoms with Crippen molar-refractivity contribution in [1.29, 1.82) is 0 Å². The van der Waals surface area contributed by atoms with Crippen LogP contribution in [0.1, 0.15) is 47.6 Å². The van der Waals surface area contributed by atoms with E-state index in [9.17, 15) is 38.5 Å². The number of hydrogen-bond donors (Lipinski definition) is 6. The smallest absolute Gasteiger partial charge is 0.295 e. The van der Waals surface area contributed by atoms with Gasteiger partial charge in [0.2, 0.25) is 0 Å². The maximum Gasteiger partial charge on any atom is 0.295 e. The topological polar surface area (TPSA) is 183 Å². The number of phenolic OH excluding ortho intramolecular Hbond substituents is 5. The second kappa shape index (κ2) is 12.0. The molecule has 6 aromatic carbocycles. The van der Waals surface area contributed by atoms with Crippen molar-refractivity contribution in [2.45, 2.75) is 36.6 Å². The molecule has 6 N–H and O–H groups in total. The number of hydrogen-bond acceptors (Lipinski definition) is 10. The van der Waals surface area contributed by atoms with E-state index >= 15 is 0 Å². The zero-order valence-corrected chi connectivity index (χ0v) is 28.1. The van der Waals surface area contributed by atoms with Gasteiger partial charge in [0.25, 0.3) is 10.1 Å². The van der Waals surface area contributed by atoms with Gasteiger partial charge in [0.15, 0.2) is 11.5 Å². The van der Waals surface area contributed by atoms with Gasteiger partial charge in [-0.25, -0.2) is 0 Å². The third kappa shape index (κ3) is 5.30. The molecular formula is C39H33N3O8S. The maximum absolute atomic E-state index is 12.5. The summed E-state index contributed by atoms with van der Waals surface area (Å²) in [6.45, 7) is 3.36. The van der Waals surface area contributed by atoms with E-state index in [4.69, 9.17) is 0 Å². The summed E-state index contributed by atoms with van der Waals surface area (Å²) in [5, 5.41) is 64.8. The normalized spacial score (nSPS) is 17.2. The van der Waals surface area contributed by atoms with E-state index in [0.717, 1.165) is 41.1 Å². The first kappa shape index (κ1) is 32.5. The molecule has 1 aliphatic heterocycles. The summed E-state index contributed by atoms with van der Waals surface area (Å²) < 4.78 is 35.2. The van der Waals surface area contributed by atoms with Gasteiger partial charge >= 0.3 is 0 Å². The van der Waals surface area contributed by atoms with Crippen LogP contribution in [0.3, 0.4) is 0 Å². The van der Waals surface area contributed by atoms with Crippen LogP contribution in [-0.4, -0.2) is 56.5 Å². The van der Waals surface area contributed by atoms with Crippen LogP contribution in [0, 0.1) is 0 Å². The SMILES string of the molecule is CCCN1CC(c2ccc3c(S(=O)(=O)O)cc(O)c(/N=N/c4c(O)ccc5ccccc45)c3c2)c2cc(O)cc3c2[C@H]1Cc1ccc(O)c(O)c1-3. The number of nitrogens with zero attached hydrogens (tertiary/aromatic N) is 3. The monoisotopic (exact) mass is 703 g/mol. The molecule has 2 aliphatic rings. The summed E-state index contributed by atoms with van der Waals surface area (Å²) in [5.74, 6) is -1.60. The first-order chi connectivity index (χ1) is 24.4. The van der Waals surface area contributed by atoms with Crippen LogP contribution in [-0.2, 0) is 16.5 Å². The Morgan fingerprint density at radius 1 is 0.784 bits per heavy atom. The Kier molecular flexibility index (Phi) is 7.63. The first-order valence-electron chi connectivity index (χ1n) is 16.5. The molecule has 0 saturated carbocycles. The van der Waals surface area contributed by atoms with Crippen LogP contribution in [0.25, 0.3) is 32.7 Å². The highest BCUT2D eigenvalue weighted by Gasteiger charge is 2.40. The van der Waals surface area contributed by atoms with Gasteiger partial charge in [0.05, 0.1) is 0 Å². The highest BCUT2D eigenvalue weighted by molar-refractivity contribution is 7.86. The van der Waals surface area contributed by atoms with Crippen molar-refractivity contribution in [3.05, 3.63) is 107 Å². The summed E-state index contributed by atoms with van der Waals surface area (Å²) in [5.41, 5.74) is 4.44. The van der Waals surface area contributed by atoms with Crippen molar-refractivity contribution in [1.82, 2.24) is 4.90 Å². The molecule has 0 aromatic heterocycles. The van der Waals surface area contributed by atoms with Crippen molar-refractivity contribution < 1.29 is 38.5 Å². The minimum atomic E-state index is -4.78. The Labute approximate surface area is 292 Å². The molecule has 0 spiro atoms. The number of rotatable bonds is 6. The summed E-state index contributed by atoms with van der Waals surface area (Å²) >= 11 is 0. The van der Waals surface area contributed by atoms with E-state index in [2.05, 4.69) is 22.1 Å². The van der Waals surface area contributed by atoms with Crippen LogP contribution in [0.2, 0.25) is 0 Å². The number of fused-ring (bicyclic) bond motifs is 4. The highest BCUT2D eigenvalue weighted by atomic mass is 32.2. The molecule has 1 unspecified atom stereocenters. The summed E-state index contributed by atoms with van der Waals surface area (Å²) in [7, 11) is -4.78. The first-order valence-corrected chi connectivity index (χ1v) is 17.9. The number of benzene rings is 6. The largest absolute Gasteiger partial charge is 0.508 e. The van der Waals surface area contributed by atoms with Crippen LogP contribution >= 0.6 is 0 Å². The standard InChI is InChI=1S/C39H33N3O8S/c1-2-13-42-19-29(26-16-23(43)17-28-35-22(15-30(42)36(26)28)9-12-32(45)39(35)47)21-7-10-25-27(14-21)38(33(46)18-34(25)51(48,49)50)41-40-37-24-6-4-3-5-20(24)8-11-31(37)44/h3-12,14,16-18,29-30,43-47H,2,13,15,19H2,1H3,(H,48,49,50)/b41-40+/t29?,30-/m1/s1. The fourth-order valence-electron chi connectivity index (χ4n) is 7.89. The Bertz CT molecular complexity index is 2570. The predicted molar refractivity (Wildman–Crippen MR) is 192 cm³/mol. The van der Waals surface area contributed by atoms with Gasteiger partial charge in [0.1, 0.15) is 33.5 Å². The minimum Gasteiger partial charge on any atom is -0.508 e. The number of aromatic hydroxyl groups is 5. The van der Waals surface area contributed by atoms with Crippen molar-refractivity contribution in [3.8, 4) is 39.9 Å². The van der Waals surface area contributed by atoms with E-state index in [1.807, 2.05) is 12.1 Å². The molecule has 0 fully saturated rings. The van der Waals surface area contributed by atoms with E-state index in [0.29, 0.717) is 35.0 Å². The molecule has 51 heavy (non-hydrogen) atoms. The van der Waals surface area contributed by atoms with E-state index in [1.54, 1.807) is 54.6 Å². The van der Waals surface area contributed by atoms with Crippen LogP contribution in [0.5, 0.6) is 28.7 Å². The maximum atomic E-state index is 12.5. The molecule has 0 radical (unpaired) electrons. The molecular weight excluding hydrogens is 671 g/mol. The average molecular weight is 704 g/mol. The molecule has 8 rings (SSSR count). The van der Waals surface area contributed by atoms with Crippen molar-refractivity contribution >= 4 is 43.0 Å². The summed E-state index contributed by atoms with van der Waals surface area (Å²) in [6.07, 6.45) is 1.43. The van der Waals surface area contributed by atoms with Crippen molar-refractivity contribution in [2.75, 3.05) is 13.1 Å². The molecule has 0 bridgehead atoms. The predicted octanol–water partition coefficient (Wildman–Crippen LogP) is 8.30. The Morgan fingerprint density at radius 2 is 1.53 bits per heavy atom. The second-order valence-corrected chi connectivity index (χ2v) is 14.5. The van der Waals surface area contributed by atoms with E-state index in [1.165, 1.54) is 12.1 Å². The number of azo groups is 1. The van der Waals surface area contributed by atoms with Gasteiger partial charge in [-0.2, -0.15) is 8.42 Å². The molecule has 0 amide bonds. The Morgan fingerprint density at radius 3 is 2.29 bits per heavy atom. The second-order valence-electron chi connectivity index (χ2n) is 13.1. The summed E-state index contributed by atoms with van der Waals surface area (Å²) in [4.78, 5) is 1.84. The van der Waals surface area contributed by atoms with Crippen molar-refractivity contribution in [3.63, 3.8) is 0 Å². The van der Waals surface area contributed by atoms with Crippen LogP contribution in [0.4, 0.5) is 11.4 Å².